The molecule has 2 unspecified atom stereocenters. The Labute approximate surface area is 103 Å². The van der Waals surface area contributed by atoms with Crippen LogP contribution in [0.15, 0.2) is 42.5 Å². The van der Waals surface area contributed by atoms with Gasteiger partial charge in [-0.25, -0.2) is 0 Å². The Morgan fingerprint density at radius 2 is 1.81 bits per heavy atom. The van der Waals surface area contributed by atoms with Crippen LogP contribution in [0.3, 0.4) is 0 Å². The van der Waals surface area contributed by atoms with Gasteiger partial charge in [0.2, 0.25) is 0 Å². The molecule has 2 rings (SSSR count). The van der Waals surface area contributed by atoms with Gasteiger partial charge in [-0.15, -0.1) is 0 Å². The zero-order valence-corrected chi connectivity index (χ0v) is 9.78. The zero-order chi connectivity index (χ0) is 11.8. The quantitative estimate of drug-likeness (QED) is 0.759. The highest BCUT2D eigenvalue weighted by atomic mass is 35.5. The molecule has 0 fully saturated rings. The molecule has 1 aromatic carbocycles. The third-order valence-corrected chi connectivity index (χ3v) is 3.16. The number of hydrogen-bond acceptors (Lipinski definition) is 2. The average molecular weight is 257 g/mol. The Morgan fingerprint density at radius 3 is 2.44 bits per heavy atom. The van der Waals surface area contributed by atoms with E-state index in [1.807, 2.05) is 0 Å². The Balaban J connectivity index is 2.44. The molecular weight excluding hydrogens is 247 g/mol. The Kier molecular flexibility index (Phi) is 3.08. The molecule has 84 valence electrons. The lowest BCUT2D eigenvalue weighted by Crippen LogP contribution is -2.37. The van der Waals surface area contributed by atoms with Crippen LogP contribution in [0.2, 0.25) is 5.02 Å². The van der Waals surface area contributed by atoms with E-state index in [2.05, 4.69) is 0 Å². The molecule has 0 radical (unpaired) electrons. The van der Waals surface area contributed by atoms with Crippen LogP contribution in [0.4, 0.5) is 0 Å². The van der Waals surface area contributed by atoms with Gasteiger partial charge in [0.15, 0.2) is 5.06 Å². The maximum atomic E-state index is 9.99. The highest BCUT2D eigenvalue weighted by molar-refractivity contribution is 6.31. The van der Waals surface area contributed by atoms with Crippen LogP contribution in [0, 0.1) is 0 Å². The molecule has 0 heterocycles. The van der Waals surface area contributed by atoms with Crippen molar-refractivity contribution in [2.24, 2.45) is 0 Å². The number of hydrogen-bond donors (Lipinski definition) is 2. The van der Waals surface area contributed by atoms with Crippen molar-refractivity contribution in [3.05, 3.63) is 53.1 Å². The number of benzene rings is 1. The second-order valence-corrected chi connectivity index (χ2v) is 4.60. The van der Waals surface area contributed by atoms with E-state index in [1.165, 1.54) is 6.08 Å². The van der Waals surface area contributed by atoms with E-state index in [0.29, 0.717) is 10.6 Å². The normalized spacial score (nSPS) is 29.0. The van der Waals surface area contributed by atoms with Crippen molar-refractivity contribution < 1.29 is 10.2 Å². The smallest absolute Gasteiger partial charge is 0.194 e. The van der Waals surface area contributed by atoms with Crippen molar-refractivity contribution in [2.45, 2.75) is 11.2 Å². The van der Waals surface area contributed by atoms with Gasteiger partial charge in [-0.2, -0.15) is 0 Å². The summed E-state index contributed by atoms with van der Waals surface area (Å²) in [5.41, 5.74) is 1.19. The number of alkyl halides is 1. The maximum absolute atomic E-state index is 9.99. The highest BCUT2D eigenvalue weighted by Crippen LogP contribution is 2.37. The second-order valence-electron chi connectivity index (χ2n) is 3.59. The van der Waals surface area contributed by atoms with Crippen LogP contribution < -0.4 is 0 Å². The van der Waals surface area contributed by atoms with Gasteiger partial charge in [-0.1, -0.05) is 53.6 Å². The van der Waals surface area contributed by atoms with Crippen molar-refractivity contribution >= 4 is 28.8 Å². The van der Waals surface area contributed by atoms with Crippen LogP contribution in [0.25, 0.3) is 5.57 Å². The van der Waals surface area contributed by atoms with E-state index in [-0.39, 0.29) is 0 Å². The Morgan fingerprint density at radius 1 is 1.19 bits per heavy atom. The van der Waals surface area contributed by atoms with Crippen molar-refractivity contribution in [3.8, 4) is 0 Å². The summed E-state index contributed by atoms with van der Waals surface area (Å²) in [6.45, 7) is 0. The third-order valence-electron chi connectivity index (χ3n) is 2.48. The van der Waals surface area contributed by atoms with Crippen molar-refractivity contribution in [1.82, 2.24) is 0 Å². The standard InChI is InChI=1S/C12H10Cl2O2/c13-9-6-4-8(5-7-9)10-2-1-3-11(15)12(10,14)16/h1-7,11,15-16H. The lowest BCUT2D eigenvalue weighted by Gasteiger charge is -2.30. The van der Waals surface area contributed by atoms with Crippen LogP contribution in [-0.4, -0.2) is 21.4 Å². The second kappa shape index (κ2) is 4.22. The Bertz CT molecular complexity index is 447. The van der Waals surface area contributed by atoms with Gasteiger partial charge in [0.25, 0.3) is 0 Å². The molecule has 4 heteroatoms. The first-order valence-corrected chi connectivity index (χ1v) is 5.51. The SMILES string of the molecule is OC1C=CC=C(c2ccc(Cl)cc2)C1(O)Cl. The minimum absolute atomic E-state index is 0.459. The highest BCUT2D eigenvalue weighted by Gasteiger charge is 2.37. The van der Waals surface area contributed by atoms with Crippen molar-refractivity contribution in [3.63, 3.8) is 0 Å². The minimum atomic E-state index is -1.79. The molecule has 0 spiro atoms. The summed E-state index contributed by atoms with van der Waals surface area (Å²) in [7, 11) is 0. The van der Waals surface area contributed by atoms with E-state index in [9.17, 15) is 10.2 Å². The molecule has 2 nitrogen and oxygen atoms in total. The lowest BCUT2D eigenvalue weighted by atomic mass is 9.92. The first-order chi connectivity index (χ1) is 7.51. The number of aliphatic hydroxyl groups excluding tert-OH is 1. The Hall–Kier alpha value is -0.800. The van der Waals surface area contributed by atoms with Gasteiger partial charge in [-0.05, 0) is 17.7 Å². The lowest BCUT2D eigenvalue weighted by molar-refractivity contribution is 0.0551. The summed E-state index contributed by atoms with van der Waals surface area (Å²) in [5.74, 6) is 0. The molecule has 0 saturated heterocycles. The molecule has 0 aromatic heterocycles. The van der Waals surface area contributed by atoms with E-state index >= 15 is 0 Å². The fourth-order valence-electron chi connectivity index (χ4n) is 1.59. The summed E-state index contributed by atoms with van der Waals surface area (Å²) < 4.78 is 0. The van der Waals surface area contributed by atoms with E-state index in [0.717, 1.165) is 5.56 Å². The number of aliphatic hydroxyl groups is 2. The fourth-order valence-corrected chi connectivity index (χ4v) is 1.96. The third kappa shape index (κ3) is 2.02. The topological polar surface area (TPSA) is 40.5 Å². The van der Waals surface area contributed by atoms with Crippen LogP contribution in [0.5, 0.6) is 0 Å². The fraction of sp³-hybridized carbons (Fsp3) is 0.167. The first-order valence-electron chi connectivity index (χ1n) is 4.76. The number of rotatable bonds is 1. The van der Waals surface area contributed by atoms with E-state index in [4.69, 9.17) is 23.2 Å². The molecule has 2 N–H and O–H groups in total. The monoisotopic (exact) mass is 256 g/mol. The van der Waals surface area contributed by atoms with Crippen molar-refractivity contribution in [2.75, 3.05) is 0 Å². The summed E-state index contributed by atoms with van der Waals surface area (Å²) in [4.78, 5) is 0. The molecule has 2 atom stereocenters. The van der Waals surface area contributed by atoms with Gasteiger partial charge < -0.3 is 10.2 Å². The predicted octanol–water partition coefficient (Wildman–Crippen LogP) is 2.58. The van der Waals surface area contributed by atoms with Gasteiger partial charge in [0.1, 0.15) is 6.10 Å². The average Bonchev–Trinajstić information content (AvgIpc) is 2.24. The van der Waals surface area contributed by atoms with Gasteiger partial charge in [-0.3, -0.25) is 0 Å². The van der Waals surface area contributed by atoms with Crippen LogP contribution in [0.1, 0.15) is 5.56 Å². The molecule has 16 heavy (non-hydrogen) atoms. The number of halogens is 2. The van der Waals surface area contributed by atoms with Crippen LogP contribution in [-0.2, 0) is 0 Å². The molecule has 0 saturated carbocycles. The summed E-state index contributed by atoms with van der Waals surface area (Å²) in [5, 5.41) is 18.4. The zero-order valence-electron chi connectivity index (χ0n) is 8.27. The molecule has 1 aliphatic rings. The predicted molar refractivity (Wildman–Crippen MR) is 65.4 cm³/mol. The van der Waals surface area contributed by atoms with Crippen molar-refractivity contribution in [1.29, 1.82) is 0 Å². The maximum Gasteiger partial charge on any atom is 0.194 e. The molecular formula is C12H10Cl2O2. The van der Waals surface area contributed by atoms with E-state index in [1.54, 1.807) is 36.4 Å². The van der Waals surface area contributed by atoms with Crippen LogP contribution >= 0.6 is 23.2 Å². The summed E-state index contributed by atoms with van der Waals surface area (Å²) in [6.07, 6.45) is 3.64. The van der Waals surface area contributed by atoms with Gasteiger partial charge in [0.05, 0.1) is 0 Å². The summed E-state index contributed by atoms with van der Waals surface area (Å²) in [6, 6.07) is 6.89. The molecule has 0 aliphatic heterocycles. The largest absolute Gasteiger partial charge is 0.384 e. The van der Waals surface area contributed by atoms with E-state index < -0.39 is 11.2 Å². The van der Waals surface area contributed by atoms with Gasteiger partial charge >= 0.3 is 0 Å². The molecule has 1 aromatic rings. The number of allylic oxidation sites excluding steroid dienone is 2. The molecule has 1 aliphatic carbocycles. The summed E-state index contributed by atoms with van der Waals surface area (Å²) >= 11 is 11.7. The first kappa shape index (κ1) is 11.7. The molecule has 0 amide bonds. The minimum Gasteiger partial charge on any atom is -0.384 e. The van der Waals surface area contributed by atoms with Gasteiger partial charge in [0, 0.05) is 10.6 Å². The molecule has 0 bridgehead atoms.